The van der Waals surface area contributed by atoms with Gasteiger partial charge in [0.15, 0.2) is 0 Å². The molecule has 2 aromatic rings. The largest absolute Gasteiger partial charge is 0.467 e. The third-order valence-electron chi connectivity index (χ3n) is 2.42. The molecule has 0 radical (unpaired) electrons. The minimum absolute atomic E-state index is 0.247. The molecule has 5 nitrogen and oxygen atoms in total. The molecule has 0 aliphatic heterocycles. The van der Waals surface area contributed by atoms with E-state index in [9.17, 15) is 5.11 Å². The average Bonchev–Trinajstić information content (AvgIpc) is 2.90. The highest BCUT2D eigenvalue weighted by atomic mass is 79.9. The zero-order valence-corrected chi connectivity index (χ0v) is 11.6. The van der Waals surface area contributed by atoms with E-state index in [0.29, 0.717) is 13.2 Å². The van der Waals surface area contributed by atoms with Gasteiger partial charge in [0.1, 0.15) is 12.4 Å². The number of rotatable bonds is 6. The normalized spacial score (nSPS) is 12.8. The Hall–Kier alpha value is -1.11. The van der Waals surface area contributed by atoms with E-state index < -0.39 is 6.10 Å². The van der Waals surface area contributed by atoms with Gasteiger partial charge in [-0.15, -0.1) is 0 Å². The molecule has 0 unspecified atom stereocenters. The molecule has 0 spiro atoms. The summed E-state index contributed by atoms with van der Waals surface area (Å²) in [5.74, 6) is 0.750. The van der Waals surface area contributed by atoms with Crippen molar-refractivity contribution in [3.63, 3.8) is 0 Å². The van der Waals surface area contributed by atoms with Crippen molar-refractivity contribution >= 4 is 15.9 Å². The molecule has 1 atom stereocenters. The van der Waals surface area contributed by atoms with Crippen molar-refractivity contribution in [1.29, 1.82) is 0 Å². The molecule has 2 heterocycles. The maximum Gasteiger partial charge on any atom is 0.129 e. The van der Waals surface area contributed by atoms with Gasteiger partial charge in [0.05, 0.1) is 35.7 Å². The third kappa shape index (κ3) is 3.69. The van der Waals surface area contributed by atoms with Gasteiger partial charge in [-0.3, -0.25) is 4.68 Å². The number of hydrogen-bond donors (Lipinski definition) is 1. The van der Waals surface area contributed by atoms with E-state index >= 15 is 0 Å². The fourth-order valence-corrected chi connectivity index (χ4v) is 1.86. The average molecular weight is 315 g/mol. The highest BCUT2D eigenvalue weighted by Gasteiger charge is 2.09. The molecule has 0 saturated heterocycles. The molecule has 0 amide bonds. The Kier molecular flexibility index (Phi) is 4.57. The number of aromatic nitrogens is 2. The van der Waals surface area contributed by atoms with Crippen LogP contribution in [0.4, 0.5) is 0 Å². The second-order valence-corrected chi connectivity index (χ2v) is 4.89. The molecule has 2 rings (SSSR count). The van der Waals surface area contributed by atoms with Crippen LogP contribution in [0, 0.1) is 6.92 Å². The van der Waals surface area contributed by atoms with Crippen molar-refractivity contribution in [2.75, 3.05) is 6.61 Å². The van der Waals surface area contributed by atoms with Crippen molar-refractivity contribution < 1.29 is 14.3 Å². The van der Waals surface area contributed by atoms with Crippen LogP contribution in [-0.4, -0.2) is 27.6 Å². The van der Waals surface area contributed by atoms with Crippen LogP contribution in [0.1, 0.15) is 11.5 Å². The second-order valence-electron chi connectivity index (χ2n) is 4.03. The molecule has 6 heteroatoms. The fraction of sp³-hybridized carbons (Fsp3) is 0.417. The van der Waals surface area contributed by atoms with E-state index in [1.165, 1.54) is 0 Å². The molecule has 0 aromatic carbocycles. The van der Waals surface area contributed by atoms with E-state index in [4.69, 9.17) is 9.15 Å². The Morgan fingerprint density at radius 2 is 2.44 bits per heavy atom. The van der Waals surface area contributed by atoms with Gasteiger partial charge in [-0.05, 0) is 35.0 Å². The molecule has 0 fully saturated rings. The summed E-state index contributed by atoms with van der Waals surface area (Å²) < 4.78 is 13.1. The Bertz CT molecular complexity index is 462. The molecule has 2 aromatic heterocycles. The first-order chi connectivity index (χ1) is 8.65. The van der Waals surface area contributed by atoms with E-state index in [1.807, 2.05) is 19.2 Å². The Balaban J connectivity index is 1.73. The van der Waals surface area contributed by atoms with Crippen molar-refractivity contribution in [3.8, 4) is 0 Å². The molecule has 0 bridgehead atoms. The van der Waals surface area contributed by atoms with Crippen LogP contribution in [0.3, 0.4) is 0 Å². The molecule has 1 N–H and O–H groups in total. The topological polar surface area (TPSA) is 60.4 Å². The number of halogens is 1. The number of furan rings is 1. The smallest absolute Gasteiger partial charge is 0.129 e. The zero-order valence-electron chi connectivity index (χ0n) is 10.0. The standard InChI is InChI=1S/C12H15BrN2O3/c1-9-12(13)6-15(14-9)5-10(16)7-17-8-11-3-2-4-18-11/h2-4,6,10,16H,5,7-8H2,1H3/t10-/m0/s1. The minimum Gasteiger partial charge on any atom is -0.467 e. The number of ether oxygens (including phenoxy) is 1. The van der Waals surface area contributed by atoms with Crippen LogP contribution >= 0.6 is 15.9 Å². The molecular weight excluding hydrogens is 300 g/mol. The van der Waals surface area contributed by atoms with Gasteiger partial charge in [0.2, 0.25) is 0 Å². The summed E-state index contributed by atoms with van der Waals surface area (Å²) in [4.78, 5) is 0. The van der Waals surface area contributed by atoms with Gasteiger partial charge in [-0.25, -0.2) is 0 Å². The van der Waals surface area contributed by atoms with E-state index in [2.05, 4.69) is 21.0 Å². The first-order valence-electron chi connectivity index (χ1n) is 5.63. The van der Waals surface area contributed by atoms with Gasteiger partial charge in [0, 0.05) is 6.20 Å². The predicted octanol–water partition coefficient (Wildman–Crippen LogP) is 2.12. The van der Waals surface area contributed by atoms with Crippen molar-refractivity contribution in [3.05, 3.63) is 40.5 Å². The monoisotopic (exact) mass is 314 g/mol. The zero-order chi connectivity index (χ0) is 13.0. The highest BCUT2D eigenvalue weighted by Crippen LogP contribution is 2.13. The lowest BCUT2D eigenvalue weighted by Crippen LogP contribution is -2.22. The van der Waals surface area contributed by atoms with E-state index in [0.717, 1.165) is 15.9 Å². The second kappa shape index (κ2) is 6.17. The van der Waals surface area contributed by atoms with Crippen molar-refractivity contribution in [1.82, 2.24) is 9.78 Å². The van der Waals surface area contributed by atoms with Gasteiger partial charge >= 0.3 is 0 Å². The third-order valence-corrected chi connectivity index (χ3v) is 3.20. The van der Waals surface area contributed by atoms with Crippen LogP contribution in [0.2, 0.25) is 0 Å². The quantitative estimate of drug-likeness (QED) is 0.887. The Morgan fingerprint density at radius 3 is 3.06 bits per heavy atom. The Labute approximate surface area is 113 Å². The SMILES string of the molecule is Cc1nn(C[C@H](O)COCc2ccco2)cc1Br. The molecule has 0 aliphatic rings. The summed E-state index contributed by atoms with van der Waals surface area (Å²) in [7, 11) is 0. The summed E-state index contributed by atoms with van der Waals surface area (Å²) in [5.41, 5.74) is 0.902. The summed E-state index contributed by atoms with van der Waals surface area (Å²) in [6, 6.07) is 3.64. The van der Waals surface area contributed by atoms with Crippen molar-refractivity contribution in [2.45, 2.75) is 26.2 Å². The van der Waals surface area contributed by atoms with E-state index in [1.54, 1.807) is 17.0 Å². The maximum atomic E-state index is 9.80. The van der Waals surface area contributed by atoms with Crippen molar-refractivity contribution in [2.24, 2.45) is 0 Å². The molecule has 98 valence electrons. The molecular formula is C12H15BrN2O3. The first kappa shape index (κ1) is 13.3. The number of aryl methyl sites for hydroxylation is 1. The number of aliphatic hydroxyl groups excluding tert-OH is 1. The van der Waals surface area contributed by atoms with Gasteiger partial charge < -0.3 is 14.3 Å². The minimum atomic E-state index is -0.592. The fourth-order valence-electron chi connectivity index (χ4n) is 1.55. The summed E-state index contributed by atoms with van der Waals surface area (Å²) >= 11 is 3.38. The number of aliphatic hydroxyl groups is 1. The molecule has 0 aliphatic carbocycles. The first-order valence-corrected chi connectivity index (χ1v) is 6.42. The maximum absolute atomic E-state index is 9.80. The molecule has 0 saturated carbocycles. The lowest BCUT2D eigenvalue weighted by Gasteiger charge is -2.10. The number of nitrogens with zero attached hydrogens (tertiary/aromatic N) is 2. The van der Waals surface area contributed by atoms with E-state index in [-0.39, 0.29) is 6.61 Å². The van der Waals surface area contributed by atoms with Crippen LogP contribution in [-0.2, 0) is 17.9 Å². The summed E-state index contributed by atoms with van der Waals surface area (Å²) in [6.07, 6.45) is 2.84. The molecule has 18 heavy (non-hydrogen) atoms. The van der Waals surface area contributed by atoms with Gasteiger partial charge in [0.25, 0.3) is 0 Å². The van der Waals surface area contributed by atoms with Gasteiger partial charge in [-0.2, -0.15) is 5.10 Å². The van der Waals surface area contributed by atoms with Crippen LogP contribution < -0.4 is 0 Å². The van der Waals surface area contributed by atoms with Crippen LogP contribution in [0.15, 0.2) is 33.5 Å². The lowest BCUT2D eigenvalue weighted by molar-refractivity contribution is 0.0131. The Morgan fingerprint density at radius 1 is 1.61 bits per heavy atom. The van der Waals surface area contributed by atoms with Gasteiger partial charge in [-0.1, -0.05) is 0 Å². The van der Waals surface area contributed by atoms with Crippen LogP contribution in [0.25, 0.3) is 0 Å². The summed E-state index contributed by atoms with van der Waals surface area (Å²) in [6.45, 7) is 2.92. The highest BCUT2D eigenvalue weighted by molar-refractivity contribution is 9.10. The summed E-state index contributed by atoms with van der Waals surface area (Å²) in [5, 5.41) is 14.0. The predicted molar refractivity (Wildman–Crippen MR) is 69.0 cm³/mol. The number of hydrogen-bond acceptors (Lipinski definition) is 4. The lowest BCUT2D eigenvalue weighted by atomic mass is 10.4. The van der Waals surface area contributed by atoms with Crippen LogP contribution in [0.5, 0.6) is 0 Å².